The average Bonchev–Trinajstić information content (AvgIpc) is 3.21. The molecule has 162 valence electrons. The lowest BCUT2D eigenvalue weighted by Gasteiger charge is -2.27. The van der Waals surface area contributed by atoms with Gasteiger partial charge in [-0.3, -0.25) is 4.79 Å². The minimum Gasteiger partial charge on any atom is -0.478 e. The number of carboxylic acid groups (broad SMARTS) is 2. The summed E-state index contributed by atoms with van der Waals surface area (Å²) in [6, 6.07) is 8.14. The predicted molar refractivity (Wildman–Crippen MR) is 114 cm³/mol. The SMILES string of the molecule is Cc1c(CN2CCc3c(c4ccccc4n3C)C2=O)ncn1C.O=C(O)C=CC(=O)O. The van der Waals surface area contributed by atoms with Crippen LogP contribution in [0.15, 0.2) is 42.7 Å². The average molecular weight is 424 g/mol. The molecule has 0 bridgehead atoms. The van der Waals surface area contributed by atoms with Crippen LogP contribution in [0.3, 0.4) is 0 Å². The second-order valence-electron chi connectivity index (χ2n) is 7.27. The molecule has 31 heavy (non-hydrogen) atoms. The minimum atomic E-state index is -1.26. The van der Waals surface area contributed by atoms with E-state index in [2.05, 4.69) is 15.6 Å². The number of hydrogen-bond donors (Lipinski definition) is 2. The van der Waals surface area contributed by atoms with Crippen LogP contribution in [0.2, 0.25) is 0 Å². The van der Waals surface area contributed by atoms with Gasteiger partial charge in [0.1, 0.15) is 0 Å². The minimum absolute atomic E-state index is 0.119. The van der Waals surface area contributed by atoms with E-state index >= 15 is 0 Å². The topological polar surface area (TPSA) is 118 Å². The molecular formula is C22H24N4O5. The van der Waals surface area contributed by atoms with E-state index < -0.39 is 11.9 Å². The fourth-order valence-corrected chi connectivity index (χ4v) is 3.65. The number of aromatic nitrogens is 3. The highest BCUT2D eigenvalue weighted by molar-refractivity contribution is 6.09. The van der Waals surface area contributed by atoms with Crippen molar-refractivity contribution in [2.75, 3.05) is 6.54 Å². The first kappa shape index (κ1) is 21.8. The zero-order chi connectivity index (χ0) is 22.7. The van der Waals surface area contributed by atoms with Crippen LogP contribution in [0, 0.1) is 6.92 Å². The lowest BCUT2D eigenvalue weighted by Crippen LogP contribution is -2.37. The van der Waals surface area contributed by atoms with E-state index in [1.54, 1.807) is 0 Å². The van der Waals surface area contributed by atoms with Gasteiger partial charge >= 0.3 is 11.9 Å². The number of rotatable bonds is 4. The Bertz CT molecular complexity index is 1170. The zero-order valence-electron chi connectivity index (χ0n) is 17.6. The quantitative estimate of drug-likeness (QED) is 0.620. The van der Waals surface area contributed by atoms with E-state index in [0.717, 1.165) is 46.5 Å². The summed E-state index contributed by atoms with van der Waals surface area (Å²) >= 11 is 0. The van der Waals surface area contributed by atoms with Crippen molar-refractivity contribution in [1.29, 1.82) is 0 Å². The summed E-state index contributed by atoms with van der Waals surface area (Å²) in [5.74, 6) is -2.40. The predicted octanol–water partition coefficient (Wildman–Crippen LogP) is 2.13. The van der Waals surface area contributed by atoms with Crippen LogP contribution in [0.4, 0.5) is 0 Å². The van der Waals surface area contributed by atoms with Crippen molar-refractivity contribution in [3.8, 4) is 0 Å². The Hall–Kier alpha value is -3.88. The molecule has 0 aliphatic carbocycles. The van der Waals surface area contributed by atoms with Crippen LogP contribution >= 0.6 is 0 Å². The second kappa shape index (κ2) is 8.86. The second-order valence-corrected chi connectivity index (χ2v) is 7.27. The summed E-state index contributed by atoms with van der Waals surface area (Å²) in [6.45, 7) is 3.36. The van der Waals surface area contributed by atoms with Gasteiger partial charge in [-0.15, -0.1) is 0 Å². The highest BCUT2D eigenvalue weighted by Crippen LogP contribution is 2.30. The van der Waals surface area contributed by atoms with Gasteiger partial charge in [-0.05, 0) is 13.0 Å². The summed E-state index contributed by atoms with van der Waals surface area (Å²) < 4.78 is 4.15. The molecule has 0 unspecified atom stereocenters. The Balaban J connectivity index is 0.000000293. The highest BCUT2D eigenvalue weighted by atomic mass is 16.4. The fourth-order valence-electron chi connectivity index (χ4n) is 3.65. The third-order valence-electron chi connectivity index (χ3n) is 5.39. The van der Waals surface area contributed by atoms with Gasteiger partial charge in [0.25, 0.3) is 5.91 Å². The van der Waals surface area contributed by atoms with E-state index in [9.17, 15) is 14.4 Å². The van der Waals surface area contributed by atoms with E-state index in [1.165, 1.54) is 0 Å². The van der Waals surface area contributed by atoms with Crippen molar-refractivity contribution in [3.63, 3.8) is 0 Å². The molecule has 2 aromatic heterocycles. The summed E-state index contributed by atoms with van der Waals surface area (Å²) in [5, 5.41) is 16.7. The number of imidazole rings is 1. The molecule has 0 fully saturated rings. The third kappa shape index (κ3) is 4.50. The number of carbonyl (C=O) groups is 3. The third-order valence-corrected chi connectivity index (χ3v) is 5.39. The Morgan fingerprint density at radius 1 is 1.13 bits per heavy atom. The molecule has 0 spiro atoms. The fraction of sp³-hybridized carbons (Fsp3) is 0.273. The van der Waals surface area contributed by atoms with Gasteiger partial charge in [0.05, 0.1) is 24.1 Å². The van der Waals surface area contributed by atoms with Crippen LogP contribution in [0.25, 0.3) is 10.9 Å². The molecule has 0 saturated heterocycles. The van der Waals surface area contributed by atoms with Gasteiger partial charge in [-0.2, -0.15) is 0 Å². The number of carbonyl (C=O) groups excluding carboxylic acids is 1. The van der Waals surface area contributed by atoms with Crippen LogP contribution in [0.1, 0.15) is 27.4 Å². The smallest absolute Gasteiger partial charge is 0.328 e. The summed E-state index contributed by atoms with van der Waals surface area (Å²) in [5.41, 5.74) is 5.22. The van der Waals surface area contributed by atoms with E-state index in [1.807, 2.05) is 55.0 Å². The zero-order valence-corrected chi connectivity index (χ0v) is 17.6. The molecule has 2 N–H and O–H groups in total. The molecule has 1 aliphatic heterocycles. The summed E-state index contributed by atoms with van der Waals surface area (Å²) in [7, 11) is 4.03. The maximum absolute atomic E-state index is 13.0. The van der Waals surface area contributed by atoms with Gasteiger partial charge < -0.3 is 24.2 Å². The van der Waals surface area contributed by atoms with Crippen molar-refractivity contribution in [2.24, 2.45) is 14.1 Å². The molecule has 1 amide bonds. The maximum atomic E-state index is 13.0. The lowest BCUT2D eigenvalue weighted by atomic mass is 10.0. The number of benzene rings is 1. The van der Waals surface area contributed by atoms with E-state index in [0.29, 0.717) is 18.7 Å². The van der Waals surface area contributed by atoms with Gasteiger partial charge in [0, 0.05) is 61.5 Å². The van der Waals surface area contributed by atoms with Crippen LogP contribution in [-0.4, -0.2) is 53.6 Å². The van der Waals surface area contributed by atoms with Gasteiger partial charge in [-0.25, -0.2) is 14.6 Å². The molecule has 9 heteroatoms. The first-order valence-electron chi connectivity index (χ1n) is 9.67. The number of aliphatic carboxylic acids is 2. The van der Waals surface area contributed by atoms with E-state index in [-0.39, 0.29) is 5.91 Å². The Labute approximate surface area is 178 Å². The van der Waals surface area contributed by atoms with Crippen molar-refractivity contribution >= 4 is 28.7 Å². The molecule has 3 aromatic rings. The van der Waals surface area contributed by atoms with E-state index in [4.69, 9.17) is 10.2 Å². The number of aryl methyl sites for hydroxylation is 2. The number of amides is 1. The van der Waals surface area contributed by atoms with Gasteiger partial charge in [0.2, 0.25) is 0 Å². The molecule has 1 aliphatic rings. The number of para-hydroxylation sites is 1. The first-order valence-corrected chi connectivity index (χ1v) is 9.67. The summed E-state index contributed by atoms with van der Waals surface area (Å²) in [4.78, 5) is 38.5. The first-order chi connectivity index (χ1) is 14.7. The maximum Gasteiger partial charge on any atom is 0.328 e. The largest absolute Gasteiger partial charge is 0.478 e. The van der Waals surface area contributed by atoms with Crippen molar-refractivity contribution in [2.45, 2.75) is 19.9 Å². The van der Waals surface area contributed by atoms with Crippen LogP contribution in [-0.2, 0) is 36.6 Å². The van der Waals surface area contributed by atoms with Crippen molar-refractivity contribution in [3.05, 3.63) is 65.4 Å². The van der Waals surface area contributed by atoms with Crippen LogP contribution in [0.5, 0.6) is 0 Å². The Morgan fingerprint density at radius 3 is 2.35 bits per heavy atom. The number of hydrogen-bond acceptors (Lipinski definition) is 4. The molecule has 4 rings (SSSR count). The Morgan fingerprint density at radius 2 is 1.77 bits per heavy atom. The molecule has 0 radical (unpaired) electrons. The molecule has 3 heterocycles. The molecule has 0 saturated carbocycles. The van der Waals surface area contributed by atoms with Gasteiger partial charge in [-0.1, -0.05) is 18.2 Å². The Kier molecular flexibility index (Phi) is 6.24. The van der Waals surface area contributed by atoms with Crippen molar-refractivity contribution < 1.29 is 24.6 Å². The van der Waals surface area contributed by atoms with Crippen molar-refractivity contribution in [1.82, 2.24) is 19.0 Å². The monoisotopic (exact) mass is 424 g/mol. The lowest BCUT2D eigenvalue weighted by molar-refractivity contribution is -0.134. The number of nitrogens with zero attached hydrogens (tertiary/aromatic N) is 4. The number of fused-ring (bicyclic) bond motifs is 3. The molecular weight excluding hydrogens is 400 g/mol. The normalized spacial score (nSPS) is 13.3. The summed E-state index contributed by atoms with van der Waals surface area (Å²) in [6.07, 6.45) is 3.81. The van der Waals surface area contributed by atoms with Crippen LogP contribution < -0.4 is 0 Å². The highest BCUT2D eigenvalue weighted by Gasteiger charge is 2.30. The standard InChI is InChI=1S/C18H20N4O.C4H4O4/c1-12-14(19-11-20(12)2)10-22-9-8-16-17(18(22)23)13-6-4-5-7-15(13)21(16)3;5-3(6)1-2-4(7)8/h4-7,11H,8-10H2,1-3H3;1-2H,(H,5,6)(H,7,8). The molecule has 9 nitrogen and oxygen atoms in total. The molecule has 0 atom stereocenters. The molecule has 1 aromatic carbocycles. The number of carboxylic acids is 2. The van der Waals surface area contributed by atoms with Gasteiger partial charge in [0.15, 0.2) is 0 Å².